The van der Waals surface area contributed by atoms with Crippen LogP contribution >= 0.6 is 0 Å². The van der Waals surface area contributed by atoms with Crippen LogP contribution in [0.25, 0.3) is 0 Å². The van der Waals surface area contributed by atoms with Crippen molar-refractivity contribution in [3.05, 3.63) is 0 Å². The summed E-state index contributed by atoms with van der Waals surface area (Å²) in [5.41, 5.74) is 0. The van der Waals surface area contributed by atoms with Crippen LogP contribution in [0.15, 0.2) is 0 Å². The SMILES string of the molecule is [O]=[Pr].[O]=[Sm]. The molecule has 4 heteroatoms. The van der Waals surface area contributed by atoms with Gasteiger partial charge in [0.2, 0.25) is 0 Å². The fourth-order valence-corrected chi connectivity index (χ4v) is 0. The molecule has 0 atom stereocenters. The number of hydrogen-bond acceptors (Lipinski definition) is 2. The number of hydrogen-bond donors (Lipinski definition) is 0. The van der Waals surface area contributed by atoms with Gasteiger partial charge in [-0.15, -0.1) is 0 Å². The van der Waals surface area contributed by atoms with Crippen LogP contribution in [0.5, 0.6) is 0 Å². The van der Waals surface area contributed by atoms with Crippen molar-refractivity contribution in [2.45, 2.75) is 0 Å². The van der Waals surface area contributed by atoms with Gasteiger partial charge in [0.1, 0.15) is 0 Å². The zero-order valence-electron chi connectivity index (χ0n) is 1.80. The summed E-state index contributed by atoms with van der Waals surface area (Å²) in [7, 11) is 0. The van der Waals surface area contributed by atoms with E-state index in [0.717, 1.165) is 0 Å². The van der Waals surface area contributed by atoms with Crippen molar-refractivity contribution >= 4 is 0 Å². The van der Waals surface area contributed by atoms with Crippen molar-refractivity contribution < 1.29 is 79.9 Å². The predicted octanol–water partition coefficient (Wildman–Crippen LogP) is -0.238. The molecule has 0 aromatic heterocycles. The Morgan fingerprint density at radius 2 is 1.25 bits per heavy atom. The first kappa shape index (κ1) is 9.57. The van der Waals surface area contributed by atoms with Crippen molar-refractivity contribution in [3.63, 3.8) is 0 Å². The van der Waals surface area contributed by atoms with E-state index >= 15 is 0 Å². The quantitative estimate of drug-likeness (QED) is 0.617. The molecule has 21 valence electrons. The van der Waals surface area contributed by atoms with Gasteiger partial charge in [0, 0.05) is 0 Å². The van der Waals surface area contributed by atoms with Gasteiger partial charge in [-0.25, -0.2) is 0 Å². The Balaban J connectivity index is 0. The molecule has 0 radical (unpaired) electrons. The summed E-state index contributed by atoms with van der Waals surface area (Å²) in [6.45, 7) is 0. The van der Waals surface area contributed by atoms with Crippen LogP contribution in [-0.2, 0) is 2.10 Å². The van der Waals surface area contributed by atoms with Gasteiger partial charge in [0.05, 0.1) is 0 Å². The van der Waals surface area contributed by atoms with Gasteiger partial charge < -0.3 is 0 Å². The molecule has 0 saturated heterocycles. The third-order valence-corrected chi connectivity index (χ3v) is 0. The van der Waals surface area contributed by atoms with Crippen molar-refractivity contribution in [3.8, 4) is 0 Å². The standard InChI is InChI=1S/2O.Pr.Sm. The number of rotatable bonds is 0. The van der Waals surface area contributed by atoms with Gasteiger partial charge >= 0.3 is 79.9 Å². The van der Waals surface area contributed by atoms with Gasteiger partial charge in [-0.3, -0.25) is 0 Å². The zero-order chi connectivity index (χ0) is 4.00. The molecular formula is O2PrSm. The van der Waals surface area contributed by atoms with Gasteiger partial charge in [0.25, 0.3) is 0 Å². The van der Waals surface area contributed by atoms with E-state index in [1.165, 1.54) is 0 Å². The average Bonchev–Trinajstić information content (AvgIpc) is 1.50. The molecule has 0 unspecified atom stereocenters. The third-order valence-electron chi connectivity index (χ3n) is 0. The van der Waals surface area contributed by atoms with Crippen LogP contribution in [0, 0.1) is 77.8 Å². The second kappa shape index (κ2) is 18.5. The van der Waals surface area contributed by atoms with Crippen molar-refractivity contribution in [1.29, 1.82) is 0 Å². The summed E-state index contributed by atoms with van der Waals surface area (Å²) < 4.78 is 16.8. The second-order valence-electron chi connectivity index (χ2n) is 0. The Morgan fingerprint density at radius 3 is 1.25 bits per heavy atom. The molecule has 0 fully saturated rings. The zero-order valence-corrected chi connectivity index (χ0v) is 8.13. The van der Waals surface area contributed by atoms with Crippen LogP contribution < -0.4 is 0 Å². The average molecular weight is 323 g/mol. The third kappa shape index (κ3) is 8.85. The molecule has 0 aliphatic carbocycles. The predicted molar refractivity (Wildman–Crippen MR) is 1.37 cm³/mol. The minimum atomic E-state index is -0.0833. The van der Waals surface area contributed by atoms with Crippen LogP contribution in [0.2, 0.25) is 0 Å². The van der Waals surface area contributed by atoms with E-state index in [0.29, 0.717) is 38.5 Å². The molecular weight excluding hydrogens is 323 g/mol. The molecule has 0 aliphatic rings. The summed E-state index contributed by atoms with van der Waals surface area (Å²) in [6, 6.07) is 0. The Bertz CT molecular complexity index is 8.00. The van der Waals surface area contributed by atoms with Crippen LogP contribution in [0.3, 0.4) is 0 Å². The van der Waals surface area contributed by atoms with E-state index in [4.69, 9.17) is 2.10 Å². The van der Waals surface area contributed by atoms with Crippen molar-refractivity contribution in [1.82, 2.24) is 0 Å². The maximum absolute atomic E-state index is 8.42. The van der Waals surface area contributed by atoms with E-state index in [1.54, 1.807) is 0 Å². The van der Waals surface area contributed by atoms with Gasteiger partial charge in [-0.1, -0.05) is 0 Å². The van der Waals surface area contributed by atoms with Crippen LogP contribution in [-0.4, -0.2) is 0 Å². The van der Waals surface area contributed by atoms with E-state index in [-0.39, 0.29) is 39.3 Å². The second-order valence-corrected chi connectivity index (χ2v) is 0. The molecule has 2 nitrogen and oxygen atoms in total. The van der Waals surface area contributed by atoms with Gasteiger partial charge in [0.15, 0.2) is 0 Å². The van der Waals surface area contributed by atoms with Crippen LogP contribution in [0.4, 0.5) is 0 Å². The summed E-state index contributed by atoms with van der Waals surface area (Å²) in [5, 5.41) is 0. The first-order valence-corrected chi connectivity index (χ1v) is 2.98. The molecule has 0 bridgehead atoms. The topological polar surface area (TPSA) is 34.1 Å². The first-order chi connectivity index (χ1) is 2.00. The monoisotopic (exact) mass is 325 g/mol. The Morgan fingerprint density at radius 1 is 1.25 bits per heavy atom. The van der Waals surface area contributed by atoms with E-state index in [9.17, 15) is 0 Å². The van der Waals surface area contributed by atoms with Gasteiger partial charge in [-0.05, 0) is 0 Å². The summed E-state index contributed by atoms with van der Waals surface area (Å²) in [5.74, 6) is 0. The molecule has 0 spiro atoms. The van der Waals surface area contributed by atoms with Crippen molar-refractivity contribution in [2.75, 3.05) is 0 Å². The maximum atomic E-state index is 8.42. The van der Waals surface area contributed by atoms with E-state index in [1.807, 2.05) is 0 Å². The van der Waals surface area contributed by atoms with Crippen LogP contribution in [0.1, 0.15) is 0 Å². The van der Waals surface area contributed by atoms with E-state index in [2.05, 4.69) is 0 Å². The molecule has 0 aromatic rings. The Labute approximate surface area is 77.6 Å². The molecule has 0 N–H and O–H groups in total. The molecule has 0 rings (SSSR count). The fourth-order valence-electron chi connectivity index (χ4n) is 0. The van der Waals surface area contributed by atoms with Gasteiger partial charge in [-0.2, -0.15) is 0 Å². The Kier molecular flexibility index (Phi) is 44.3. The molecule has 0 saturated carbocycles. The normalized spacial score (nSPS) is 2.50. The molecule has 0 amide bonds. The summed E-state index contributed by atoms with van der Waals surface area (Å²) >= 11 is 0.250. The molecule has 4 heavy (non-hydrogen) atoms. The van der Waals surface area contributed by atoms with Crippen molar-refractivity contribution in [2.24, 2.45) is 0 Å². The Hall–Kier alpha value is 2.30. The molecule has 0 aromatic carbocycles. The molecule has 0 heterocycles. The van der Waals surface area contributed by atoms with E-state index < -0.39 is 0 Å². The first-order valence-electron chi connectivity index (χ1n) is 0.402. The summed E-state index contributed by atoms with van der Waals surface area (Å²) in [6.07, 6.45) is 0. The summed E-state index contributed by atoms with van der Waals surface area (Å²) in [4.78, 5) is 0. The minimum absolute atomic E-state index is 0.0833. The molecule has 0 aliphatic heterocycles. The fraction of sp³-hybridized carbons (Fsp3) is 0.